The van der Waals surface area contributed by atoms with E-state index >= 15 is 0 Å². The quantitative estimate of drug-likeness (QED) is 0.473. The van der Waals surface area contributed by atoms with Crippen LogP contribution in [-0.4, -0.2) is 25.2 Å². The van der Waals surface area contributed by atoms with Gasteiger partial charge in [0.15, 0.2) is 5.43 Å². The van der Waals surface area contributed by atoms with Gasteiger partial charge in [0.2, 0.25) is 0 Å². The first-order chi connectivity index (χ1) is 14.6. The minimum Gasteiger partial charge on any atom is -0.497 e. The van der Waals surface area contributed by atoms with Crippen LogP contribution in [0.15, 0.2) is 77.6 Å². The van der Waals surface area contributed by atoms with Gasteiger partial charge >= 0.3 is 5.97 Å². The van der Waals surface area contributed by atoms with E-state index in [0.29, 0.717) is 39.3 Å². The van der Waals surface area contributed by atoms with Crippen LogP contribution in [0, 0.1) is 0 Å². The number of carbonyl (C=O) groups excluding carboxylic acids is 1. The number of aromatic nitrogens is 1. The predicted molar refractivity (Wildman–Crippen MR) is 118 cm³/mol. The number of hydrogen-bond acceptors (Lipinski definition) is 5. The molecule has 4 aromatic rings. The molecule has 6 heteroatoms. The van der Waals surface area contributed by atoms with Crippen molar-refractivity contribution in [3.8, 4) is 16.9 Å². The minimum atomic E-state index is -0.466. The van der Waals surface area contributed by atoms with Gasteiger partial charge in [0.05, 0.1) is 36.6 Å². The van der Waals surface area contributed by atoms with Crippen molar-refractivity contribution >= 4 is 28.4 Å². The Morgan fingerprint density at radius 3 is 2.33 bits per heavy atom. The molecule has 1 heterocycles. The number of hydrogen-bond donors (Lipinski definition) is 2. The van der Waals surface area contributed by atoms with Gasteiger partial charge in [-0.15, -0.1) is 0 Å². The molecule has 0 aliphatic carbocycles. The van der Waals surface area contributed by atoms with Crippen molar-refractivity contribution in [2.24, 2.45) is 0 Å². The summed E-state index contributed by atoms with van der Waals surface area (Å²) < 4.78 is 10.1. The molecule has 0 radical (unpaired) electrons. The number of fused-ring (bicyclic) bond motifs is 1. The summed E-state index contributed by atoms with van der Waals surface area (Å²) in [6.07, 6.45) is 0. The van der Waals surface area contributed by atoms with Crippen LogP contribution in [0.4, 0.5) is 11.5 Å². The first kappa shape index (κ1) is 19.3. The molecule has 3 aromatic carbocycles. The van der Waals surface area contributed by atoms with Crippen molar-refractivity contribution in [3.63, 3.8) is 0 Å². The van der Waals surface area contributed by atoms with Crippen LogP contribution in [0.3, 0.4) is 0 Å². The largest absolute Gasteiger partial charge is 0.497 e. The highest BCUT2D eigenvalue weighted by Gasteiger charge is 2.17. The Balaban J connectivity index is 1.93. The molecule has 0 spiro atoms. The topological polar surface area (TPSA) is 80.4 Å². The number of aromatic amines is 1. The van der Waals surface area contributed by atoms with Crippen LogP contribution >= 0.6 is 0 Å². The van der Waals surface area contributed by atoms with Crippen molar-refractivity contribution in [1.29, 1.82) is 0 Å². The second-order valence-corrected chi connectivity index (χ2v) is 6.64. The summed E-state index contributed by atoms with van der Waals surface area (Å²) >= 11 is 0. The molecular formula is C24H20N2O4. The standard InChI is InChI=1S/C24H20N2O4/c1-29-16-13-11-15(12-14-16)21-22(27)17-7-3-5-9-19(17)25-23(21)26-20-10-6-4-8-18(20)24(28)30-2/h3-14H,1-2H3,(H2,25,26,27). The van der Waals surface area contributed by atoms with Gasteiger partial charge in [-0.25, -0.2) is 4.79 Å². The number of carbonyl (C=O) groups is 1. The fourth-order valence-corrected chi connectivity index (χ4v) is 3.38. The van der Waals surface area contributed by atoms with Crippen LogP contribution in [0.5, 0.6) is 5.75 Å². The number of rotatable bonds is 5. The predicted octanol–water partition coefficient (Wildman–Crippen LogP) is 4.73. The summed E-state index contributed by atoms with van der Waals surface area (Å²) in [7, 11) is 2.92. The molecule has 1 aromatic heterocycles. The fourth-order valence-electron chi connectivity index (χ4n) is 3.38. The average molecular weight is 400 g/mol. The number of methoxy groups -OCH3 is 2. The normalized spacial score (nSPS) is 10.6. The van der Waals surface area contributed by atoms with Crippen molar-refractivity contribution in [3.05, 3.63) is 88.6 Å². The van der Waals surface area contributed by atoms with Crippen molar-refractivity contribution in [2.45, 2.75) is 0 Å². The van der Waals surface area contributed by atoms with Gasteiger partial charge in [0.25, 0.3) is 0 Å². The van der Waals surface area contributed by atoms with Crippen molar-refractivity contribution in [2.75, 3.05) is 19.5 Å². The molecule has 6 nitrogen and oxygen atoms in total. The summed E-state index contributed by atoms with van der Waals surface area (Å²) in [5.41, 5.74) is 2.67. The maximum atomic E-state index is 13.4. The highest BCUT2D eigenvalue weighted by atomic mass is 16.5. The molecule has 0 fully saturated rings. The zero-order chi connectivity index (χ0) is 21.1. The van der Waals surface area contributed by atoms with E-state index < -0.39 is 5.97 Å². The van der Waals surface area contributed by atoms with Gasteiger partial charge in [0.1, 0.15) is 11.6 Å². The minimum absolute atomic E-state index is 0.118. The van der Waals surface area contributed by atoms with Gasteiger partial charge in [-0.2, -0.15) is 0 Å². The van der Waals surface area contributed by atoms with Crippen molar-refractivity contribution in [1.82, 2.24) is 4.98 Å². The van der Waals surface area contributed by atoms with E-state index in [9.17, 15) is 9.59 Å². The van der Waals surface area contributed by atoms with E-state index in [-0.39, 0.29) is 5.43 Å². The van der Waals surface area contributed by atoms with E-state index in [2.05, 4.69) is 10.3 Å². The number of para-hydroxylation sites is 2. The fraction of sp³-hybridized carbons (Fsp3) is 0.0833. The van der Waals surface area contributed by atoms with Gasteiger partial charge in [-0.05, 0) is 42.0 Å². The average Bonchev–Trinajstić information content (AvgIpc) is 2.79. The molecule has 30 heavy (non-hydrogen) atoms. The van der Waals surface area contributed by atoms with Gasteiger partial charge in [0, 0.05) is 5.39 Å². The molecular weight excluding hydrogens is 380 g/mol. The van der Waals surface area contributed by atoms with Crippen LogP contribution in [0.2, 0.25) is 0 Å². The lowest BCUT2D eigenvalue weighted by Gasteiger charge is -2.16. The third-order valence-electron chi connectivity index (χ3n) is 4.88. The maximum absolute atomic E-state index is 13.4. The third kappa shape index (κ3) is 3.51. The molecule has 0 unspecified atom stereocenters. The molecule has 0 aliphatic rings. The van der Waals surface area contributed by atoms with Crippen LogP contribution in [0.1, 0.15) is 10.4 Å². The second-order valence-electron chi connectivity index (χ2n) is 6.64. The first-order valence-corrected chi connectivity index (χ1v) is 9.36. The maximum Gasteiger partial charge on any atom is 0.339 e. The first-order valence-electron chi connectivity index (χ1n) is 9.36. The van der Waals surface area contributed by atoms with Gasteiger partial charge in [-0.1, -0.05) is 36.4 Å². The highest BCUT2D eigenvalue weighted by molar-refractivity contribution is 5.98. The van der Waals surface area contributed by atoms with Crippen LogP contribution in [-0.2, 0) is 4.74 Å². The summed E-state index contributed by atoms with van der Waals surface area (Å²) in [5.74, 6) is 0.717. The second kappa shape index (κ2) is 8.13. The Morgan fingerprint density at radius 1 is 0.900 bits per heavy atom. The summed E-state index contributed by atoms with van der Waals surface area (Å²) in [5, 5.41) is 3.81. The summed E-state index contributed by atoms with van der Waals surface area (Å²) in [6.45, 7) is 0. The molecule has 0 bridgehead atoms. The number of anilines is 2. The smallest absolute Gasteiger partial charge is 0.339 e. The molecule has 0 aliphatic heterocycles. The Kier molecular flexibility index (Phi) is 5.22. The zero-order valence-electron chi connectivity index (χ0n) is 16.6. The Bertz CT molecular complexity index is 1280. The number of pyridine rings is 1. The lowest BCUT2D eigenvalue weighted by molar-refractivity contribution is 0.0602. The van der Waals surface area contributed by atoms with Crippen molar-refractivity contribution < 1.29 is 14.3 Å². The lowest BCUT2D eigenvalue weighted by Crippen LogP contribution is -2.12. The molecule has 150 valence electrons. The van der Waals surface area contributed by atoms with Gasteiger partial charge in [-0.3, -0.25) is 4.79 Å². The van der Waals surface area contributed by atoms with Crippen LogP contribution < -0.4 is 15.5 Å². The number of esters is 1. The molecule has 0 atom stereocenters. The number of benzene rings is 3. The summed E-state index contributed by atoms with van der Waals surface area (Å²) in [4.78, 5) is 28.9. The molecule has 0 amide bonds. The van der Waals surface area contributed by atoms with E-state index in [0.717, 1.165) is 5.56 Å². The molecule has 4 rings (SSSR count). The van der Waals surface area contributed by atoms with E-state index in [1.54, 1.807) is 49.6 Å². The summed E-state index contributed by atoms with van der Waals surface area (Å²) in [6, 6.07) is 21.6. The highest BCUT2D eigenvalue weighted by Crippen LogP contribution is 2.30. The van der Waals surface area contributed by atoms with E-state index in [1.165, 1.54) is 7.11 Å². The van der Waals surface area contributed by atoms with Gasteiger partial charge < -0.3 is 19.8 Å². The zero-order valence-corrected chi connectivity index (χ0v) is 16.6. The Morgan fingerprint density at radius 2 is 1.60 bits per heavy atom. The number of nitrogens with one attached hydrogen (secondary N) is 2. The van der Waals surface area contributed by atoms with E-state index in [1.807, 2.05) is 30.3 Å². The monoisotopic (exact) mass is 400 g/mol. The lowest BCUT2D eigenvalue weighted by atomic mass is 10.0. The van der Waals surface area contributed by atoms with Crippen LogP contribution in [0.25, 0.3) is 22.0 Å². The number of ether oxygens (including phenoxy) is 2. The molecule has 2 N–H and O–H groups in total. The Hall–Kier alpha value is -4.06. The number of H-pyrrole nitrogens is 1. The SMILES string of the molecule is COC(=O)c1ccccc1Nc1[nH]c2ccccc2c(=O)c1-c1ccc(OC)cc1. The van der Waals surface area contributed by atoms with E-state index in [4.69, 9.17) is 9.47 Å². The Labute approximate surface area is 173 Å². The third-order valence-corrected chi connectivity index (χ3v) is 4.88. The molecule has 0 saturated carbocycles. The molecule has 0 saturated heterocycles.